The summed E-state index contributed by atoms with van der Waals surface area (Å²) in [6, 6.07) is 11.4. The van der Waals surface area contributed by atoms with Crippen LogP contribution in [0.25, 0.3) is 11.0 Å². The molecule has 0 aliphatic carbocycles. The fraction of sp³-hybridized carbons (Fsp3) is 0.278. The van der Waals surface area contributed by atoms with E-state index in [0.29, 0.717) is 29.5 Å². The molecule has 0 fully saturated rings. The van der Waals surface area contributed by atoms with Gasteiger partial charge in [0.25, 0.3) is 0 Å². The monoisotopic (exact) mass is 346 g/mol. The van der Waals surface area contributed by atoms with Gasteiger partial charge in [-0.15, -0.1) is 0 Å². The number of rotatable bonds is 6. The van der Waals surface area contributed by atoms with Crippen LogP contribution in [0.4, 0.5) is 0 Å². The van der Waals surface area contributed by atoms with Crippen molar-refractivity contribution in [3.8, 4) is 11.5 Å². The van der Waals surface area contributed by atoms with E-state index < -0.39 is 0 Å². The van der Waals surface area contributed by atoms with E-state index in [9.17, 15) is 5.11 Å². The predicted octanol–water partition coefficient (Wildman–Crippen LogP) is 3.29. The minimum atomic E-state index is 0.0486. The van der Waals surface area contributed by atoms with Gasteiger partial charge in [-0.2, -0.15) is 0 Å². The van der Waals surface area contributed by atoms with Gasteiger partial charge in [-0.25, -0.2) is 4.98 Å². The van der Waals surface area contributed by atoms with E-state index in [1.165, 1.54) is 0 Å². The van der Waals surface area contributed by atoms with E-state index in [2.05, 4.69) is 4.98 Å². The maximum absolute atomic E-state index is 9.38. The van der Waals surface area contributed by atoms with Gasteiger partial charge in [0.2, 0.25) is 0 Å². The maximum Gasteiger partial charge on any atom is 0.161 e. The minimum Gasteiger partial charge on any atom is -0.493 e. The largest absolute Gasteiger partial charge is 0.493 e. The highest BCUT2D eigenvalue weighted by Crippen LogP contribution is 2.29. The lowest BCUT2D eigenvalue weighted by atomic mass is 10.1. The van der Waals surface area contributed by atoms with Gasteiger partial charge in [0, 0.05) is 18.0 Å². The summed E-state index contributed by atoms with van der Waals surface area (Å²) in [5, 5.41) is 10.0. The topological polar surface area (TPSA) is 56.5 Å². The third-order valence-electron chi connectivity index (χ3n) is 3.92. The first-order valence-electron chi connectivity index (χ1n) is 7.62. The predicted molar refractivity (Wildman–Crippen MR) is 94.2 cm³/mol. The zero-order chi connectivity index (χ0) is 17.1. The van der Waals surface area contributed by atoms with E-state index in [4.69, 9.17) is 21.1 Å². The van der Waals surface area contributed by atoms with E-state index in [1.54, 1.807) is 14.2 Å². The number of methoxy groups -OCH3 is 2. The lowest BCUT2D eigenvalue weighted by Crippen LogP contribution is -2.07. The highest BCUT2D eigenvalue weighted by Gasteiger charge is 2.13. The van der Waals surface area contributed by atoms with Gasteiger partial charge < -0.3 is 19.1 Å². The number of benzene rings is 2. The molecule has 1 aromatic heterocycles. The van der Waals surface area contributed by atoms with Gasteiger partial charge in [0.15, 0.2) is 11.5 Å². The second-order valence-electron chi connectivity index (χ2n) is 5.40. The Bertz CT molecular complexity index is 861. The fourth-order valence-corrected chi connectivity index (χ4v) is 2.98. The summed E-state index contributed by atoms with van der Waals surface area (Å²) >= 11 is 6.06. The molecule has 126 valence electrons. The summed E-state index contributed by atoms with van der Waals surface area (Å²) in [5.41, 5.74) is 2.84. The standard InChI is InChI=1S/C18H19ClN2O3/c1-23-16-6-3-12(9-17(16)24-2)10-18-20-14-11-13(19)4-5-15(14)21(18)7-8-22/h3-6,9,11,22H,7-8,10H2,1-2H3. The van der Waals surface area contributed by atoms with Crippen molar-refractivity contribution >= 4 is 22.6 Å². The van der Waals surface area contributed by atoms with Crippen LogP contribution >= 0.6 is 11.6 Å². The Balaban J connectivity index is 2.01. The van der Waals surface area contributed by atoms with Crippen LogP contribution < -0.4 is 9.47 Å². The summed E-state index contributed by atoms with van der Waals surface area (Å²) < 4.78 is 12.6. The molecule has 0 saturated carbocycles. The zero-order valence-electron chi connectivity index (χ0n) is 13.6. The second-order valence-corrected chi connectivity index (χ2v) is 5.84. The van der Waals surface area contributed by atoms with Crippen LogP contribution in [0.1, 0.15) is 11.4 Å². The van der Waals surface area contributed by atoms with Crippen LogP contribution in [0.2, 0.25) is 5.02 Å². The van der Waals surface area contributed by atoms with Gasteiger partial charge in [0.05, 0.1) is 31.9 Å². The molecule has 0 radical (unpaired) electrons. The summed E-state index contributed by atoms with van der Waals surface area (Å²) in [4.78, 5) is 4.68. The van der Waals surface area contributed by atoms with Crippen molar-refractivity contribution < 1.29 is 14.6 Å². The smallest absolute Gasteiger partial charge is 0.161 e. The molecule has 3 aromatic rings. The van der Waals surface area contributed by atoms with Crippen molar-refractivity contribution in [2.24, 2.45) is 0 Å². The maximum atomic E-state index is 9.38. The Morgan fingerprint density at radius 2 is 1.88 bits per heavy atom. The molecule has 0 amide bonds. The van der Waals surface area contributed by atoms with Crippen molar-refractivity contribution in [1.82, 2.24) is 9.55 Å². The van der Waals surface area contributed by atoms with E-state index in [1.807, 2.05) is 41.0 Å². The third-order valence-corrected chi connectivity index (χ3v) is 4.16. The molecule has 0 aliphatic heterocycles. The van der Waals surface area contributed by atoms with E-state index in [0.717, 1.165) is 22.4 Å². The summed E-state index contributed by atoms with van der Waals surface area (Å²) in [5.74, 6) is 2.24. The quantitative estimate of drug-likeness (QED) is 0.744. The number of ether oxygens (including phenoxy) is 2. The van der Waals surface area contributed by atoms with Crippen molar-refractivity contribution in [3.05, 3.63) is 52.8 Å². The van der Waals surface area contributed by atoms with Crippen molar-refractivity contribution in [2.45, 2.75) is 13.0 Å². The number of hydrogen-bond donors (Lipinski definition) is 1. The zero-order valence-corrected chi connectivity index (χ0v) is 14.4. The molecule has 6 heteroatoms. The van der Waals surface area contributed by atoms with Gasteiger partial charge >= 0.3 is 0 Å². The molecule has 0 bridgehead atoms. The number of imidazole rings is 1. The molecular weight excluding hydrogens is 328 g/mol. The molecule has 0 atom stereocenters. The Morgan fingerprint density at radius 3 is 2.58 bits per heavy atom. The normalized spacial score (nSPS) is 11.0. The van der Waals surface area contributed by atoms with Crippen molar-refractivity contribution in [3.63, 3.8) is 0 Å². The molecule has 0 saturated heterocycles. The van der Waals surface area contributed by atoms with Gasteiger partial charge in [0.1, 0.15) is 5.82 Å². The van der Waals surface area contributed by atoms with Gasteiger partial charge in [-0.3, -0.25) is 0 Å². The average Bonchev–Trinajstić information content (AvgIpc) is 2.91. The highest BCUT2D eigenvalue weighted by molar-refractivity contribution is 6.31. The molecule has 3 rings (SSSR count). The molecule has 24 heavy (non-hydrogen) atoms. The Morgan fingerprint density at radius 1 is 1.08 bits per heavy atom. The second kappa shape index (κ2) is 7.11. The van der Waals surface area contributed by atoms with Crippen LogP contribution in [0, 0.1) is 0 Å². The number of aliphatic hydroxyl groups excluding tert-OH is 1. The lowest BCUT2D eigenvalue weighted by molar-refractivity contribution is 0.276. The Hall–Kier alpha value is -2.24. The number of halogens is 1. The third kappa shape index (κ3) is 3.18. The minimum absolute atomic E-state index is 0.0486. The number of nitrogens with zero attached hydrogens (tertiary/aromatic N) is 2. The number of aliphatic hydroxyl groups is 1. The molecule has 2 aromatic carbocycles. The Kier molecular flexibility index (Phi) is 4.92. The first-order valence-corrected chi connectivity index (χ1v) is 8.00. The van der Waals surface area contributed by atoms with Crippen molar-refractivity contribution in [2.75, 3.05) is 20.8 Å². The van der Waals surface area contributed by atoms with E-state index in [-0.39, 0.29) is 6.61 Å². The molecule has 5 nitrogen and oxygen atoms in total. The SMILES string of the molecule is COc1ccc(Cc2nc3cc(Cl)ccc3n2CCO)cc1OC. The van der Waals surface area contributed by atoms with Crippen LogP contribution in [0.15, 0.2) is 36.4 Å². The lowest BCUT2D eigenvalue weighted by Gasteiger charge is -2.11. The molecular formula is C18H19ClN2O3. The number of hydrogen-bond acceptors (Lipinski definition) is 4. The molecule has 1 heterocycles. The Labute approximate surface area is 145 Å². The molecule has 0 spiro atoms. The summed E-state index contributed by atoms with van der Waals surface area (Å²) in [6.45, 7) is 0.535. The highest BCUT2D eigenvalue weighted by atomic mass is 35.5. The summed E-state index contributed by atoms with van der Waals surface area (Å²) in [6.07, 6.45) is 0.618. The number of aromatic nitrogens is 2. The fourth-order valence-electron chi connectivity index (χ4n) is 2.81. The molecule has 0 aliphatic rings. The molecule has 0 unspecified atom stereocenters. The summed E-state index contributed by atoms with van der Waals surface area (Å²) in [7, 11) is 3.23. The van der Waals surface area contributed by atoms with Gasteiger partial charge in [-0.05, 0) is 35.9 Å². The average molecular weight is 347 g/mol. The van der Waals surface area contributed by atoms with Crippen LogP contribution in [-0.4, -0.2) is 35.5 Å². The first kappa shape index (κ1) is 16.6. The number of fused-ring (bicyclic) bond motifs is 1. The van der Waals surface area contributed by atoms with Crippen molar-refractivity contribution in [1.29, 1.82) is 0 Å². The van der Waals surface area contributed by atoms with Crippen LogP contribution in [0.5, 0.6) is 11.5 Å². The first-order chi connectivity index (χ1) is 11.7. The van der Waals surface area contributed by atoms with Gasteiger partial charge in [-0.1, -0.05) is 17.7 Å². The molecule has 1 N–H and O–H groups in total. The van der Waals surface area contributed by atoms with E-state index >= 15 is 0 Å². The van der Waals surface area contributed by atoms with Crippen LogP contribution in [0.3, 0.4) is 0 Å². The van der Waals surface area contributed by atoms with Crippen LogP contribution in [-0.2, 0) is 13.0 Å².